The molecule has 0 aliphatic heterocycles. The van der Waals surface area contributed by atoms with E-state index < -0.39 is 0 Å². The molecule has 0 amide bonds. The molecule has 5 nitrogen and oxygen atoms in total. The molecule has 0 bridgehead atoms. The Morgan fingerprint density at radius 3 is 2.50 bits per heavy atom. The Hall–Kier alpha value is -3.08. The topological polar surface area (TPSA) is 56.3 Å². The van der Waals surface area contributed by atoms with E-state index in [2.05, 4.69) is 15.3 Å². The molecule has 5 heteroatoms. The van der Waals surface area contributed by atoms with Gasteiger partial charge in [0.15, 0.2) is 0 Å². The normalized spacial score (nSPS) is 10.0. The monoisotopic (exact) mass is 293 g/mol. The van der Waals surface area contributed by atoms with Crippen LogP contribution >= 0.6 is 0 Å². The fourth-order valence-electron chi connectivity index (χ4n) is 1.93. The van der Waals surface area contributed by atoms with Gasteiger partial charge in [0, 0.05) is 17.8 Å². The number of benzene rings is 2. The van der Waals surface area contributed by atoms with Gasteiger partial charge >= 0.3 is 0 Å². The van der Waals surface area contributed by atoms with Gasteiger partial charge in [-0.3, -0.25) is 0 Å². The molecule has 22 heavy (non-hydrogen) atoms. The van der Waals surface area contributed by atoms with Crippen LogP contribution in [0.2, 0.25) is 0 Å². The smallest absolute Gasteiger partial charge is 0.218 e. The van der Waals surface area contributed by atoms with Gasteiger partial charge < -0.3 is 14.8 Å². The first-order valence-electron chi connectivity index (χ1n) is 6.79. The maximum atomic E-state index is 5.80. The lowest BCUT2D eigenvalue weighted by Gasteiger charge is -2.09. The van der Waals surface area contributed by atoms with Crippen molar-refractivity contribution in [1.29, 1.82) is 0 Å². The molecule has 3 rings (SSSR count). The molecule has 0 fully saturated rings. The van der Waals surface area contributed by atoms with Crippen LogP contribution in [-0.4, -0.2) is 17.1 Å². The first-order chi connectivity index (χ1) is 10.8. The fraction of sp³-hybridized carbons (Fsp3) is 0.0588. The number of rotatable bonds is 5. The zero-order valence-corrected chi connectivity index (χ0v) is 12.1. The van der Waals surface area contributed by atoms with Crippen molar-refractivity contribution in [2.45, 2.75) is 0 Å². The Morgan fingerprint density at radius 2 is 1.68 bits per heavy atom. The van der Waals surface area contributed by atoms with Crippen molar-refractivity contribution in [3.05, 3.63) is 67.0 Å². The van der Waals surface area contributed by atoms with Gasteiger partial charge in [-0.05, 0) is 24.3 Å². The van der Waals surface area contributed by atoms with Crippen molar-refractivity contribution in [1.82, 2.24) is 9.97 Å². The van der Waals surface area contributed by atoms with E-state index in [0.717, 1.165) is 17.2 Å². The van der Waals surface area contributed by atoms with Gasteiger partial charge in [0.2, 0.25) is 5.88 Å². The molecule has 3 aromatic rings. The third-order valence-corrected chi connectivity index (χ3v) is 2.94. The van der Waals surface area contributed by atoms with Crippen LogP contribution in [0.1, 0.15) is 0 Å². The lowest BCUT2D eigenvalue weighted by atomic mass is 10.3. The van der Waals surface area contributed by atoms with E-state index in [0.29, 0.717) is 11.7 Å². The number of nitrogens with one attached hydrogen (secondary N) is 1. The van der Waals surface area contributed by atoms with E-state index in [-0.39, 0.29) is 0 Å². The van der Waals surface area contributed by atoms with Gasteiger partial charge in [-0.15, -0.1) is 0 Å². The van der Waals surface area contributed by atoms with Crippen LogP contribution in [0.15, 0.2) is 67.0 Å². The maximum absolute atomic E-state index is 5.80. The molecule has 0 spiro atoms. The van der Waals surface area contributed by atoms with Crippen LogP contribution in [0.3, 0.4) is 0 Å². The summed E-state index contributed by atoms with van der Waals surface area (Å²) >= 11 is 0. The molecular formula is C17H15N3O2. The molecule has 110 valence electrons. The lowest BCUT2D eigenvalue weighted by molar-refractivity contribution is 0.397. The maximum Gasteiger partial charge on any atom is 0.218 e. The largest absolute Gasteiger partial charge is 0.481 e. The molecule has 0 radical (unpaired) electrons. The molecule has 0 saturated carbocycles. The van der Waals surface area contributed by atoms with E-state index in [4.69, 9.17) is 9.47 Å². The van der Waals surface area contributed by atoms with Crippen molar-refractivity contribution >= 4 is 11.5 Å². The van der Waals surface area contributed by atoms with Crippen LogP contribution < -0.4 is 14.8 Å². The summed E-state index contributed by atoms with van der Waals surface area (Å²) in [5.41, 5.74) is 0.870. The van der Waals surface area contributed by atoms with Crippen LogP contribution in [0.4, 0.5) is 11.5 Å². The van der Waals surface area contributed by atoms with E-state index in [1.165, 1.54) is 6.33 Å². The molecule has 0 saturated heterocycles. The van der Waals surface area contributed by atoms with E-state index in [9.17, 15) is 0 Å². The van der Waals surface area contributed by atoms with Crippen LogP contribution in [0.25, 0.3) is 0 Å². The molecule has 1 aromatic heterocycles. The van der Waals surface area contributed by atoms with E-state index in [1.54, 1.807) is 13.2 Å². The van der Waals surface area contributed by atoms with Gasteiger partial charge in [0.1, 0.15) is 23.6 Å². The summed E-state index contributed by atoms with van der Waals surface area (Å²) in [6, 6.07) is 19.0. The predicted octanol–water partition coefficient (Wildman–Crippen LogP) is 4.02. The number of hydrogen-bond acceptors (Lipinski definition) is 5. The average molecular weight is 293 g/mol. The first-order valence-corrected chi connectivity index (χ1v) is 6.79. The number of ether oxygens (including phenoxy) is 2. The minimum absolute atomic E-state index is 0.509. The number of aromatic nitrogens is 2. The first kappa shape index (κ1) is 13.9. The Labute approximate surface area is 128 Å². The Morgan fingerprint density at radius 1 is 0.864 bits per heavy atom. The fourth-order valence-corrected chi connectivity index (χ4v) is 1.93. The van der Waals surface area contributed by atoms with Gasteiger partial charge in [0.25, 0.3) is 0 Å². The summed E-state index contributed by atoms with van der Waals surface area (Å²) in [5, 5.41) is 3.19. The molecule has 2 aromatic carbocycles. The summed E-state index contributed by atoms with van der Waals surface area (Å²) in [4.78, 5) is 8.13. The molecule has 1 heterocycles. The van der Waals surface area contributed by atoms with Crippen molar-refractivity contribution in [3.8, 4) is 17.4 Å². The highest BCUT2D eigenvalue weighted by Gasteiger charge is 2.02. The van der Waals surface area contributed by atoms with Crippen molar-refractivity contribution in [3.63, 3.8) is 0 Å². The third-order valence-electron chi connectivity index (χ3n) is 2.94. The van der Waals surface area contributed by atoms with Crippen LogP contribution in [0.5, 0.6) is 17.4 Å². The zero-order valence-electron chi connectivity index (χ0n) is 12.1. The standard InChI is InChI=1S/C17H15N3O2/c1-21-17-11-16(18-12-19-17)20-13-6-5-9-15(10-13)22-14-7-3-2-4-8-14/h2-12H,1H3,(H,18,19,20). The minimum Gasteiger partial charge on any atom is -0.481 e. The van der Waals surface area contributed by atoms with Crippen molar-refractivity contribution < 1.29 is 9.47 Å². The highest BCUT2D eigenvalue weighted by atomic mass is 16.5. The van der Waals surface area contributed by atoms with Crippen LogP contribution in [0, 0.1) is 0 Å². The minimum atomic E-state index is 0.509. The zero-order chi connectivity index (χ0) is 15.2. The quantitative estimate of drug-likeness (QED) is 0.770. The van der Waals surface area contributed by atoms with Crippen molar-refractivity contribution in [2.75, 3.05) is 12.4 Å². The van der Waals surface area contributed by atoms with E-state index >= 15 is 0 Å². The van der Waals surface area contributed by atoms with Crippen LogP contribution in [-0.2, 0) is 0 Å². The SMILES string of the molecule is COc1cc(Nc2cccc(Oc3ccccc3)c2)ncn1. The number of hydrogen-bond donors (Lipinski definition) is 1. The molecular weight excluding hydrogens is 278 g/mol. The molecule has 0 aliphatic rings. The van der Waals surface area contributed by atoms with Crippen molar-refractivity contribution in [2.24, 2.45) is 0 Å². The lowest BCUT2D eigenvalue weighted by Crippen LogP contribution is -1.96. The summed E-state index contributed by atoms with van der Waals surface area (Å²) in [6.07, 6.45) is 1.45. The number of methoxy groups -OCH3 is 1. The predicted molar refractivity (Wildman–Crippen MR) is 84.8 cm³/mol. The molecule has 0 atom stereocenters. The summed E-state index contributed by atoms with van der Waals surface area (Å²) < 4.78 is 10.9. The van der Waals surface area contributed by atoms with Gasteiger partial charge in [-0.2, -0.15) is 0 Å². The number of para-hydroxylation sites is 1. The van der Waals surface area contributed by atoms with Gasteiger partial charge in [0.05, 0.1) is 7.11 Å². The number of anilines is 2. The molecule has 1 N–H and O–H groups in total. The average Bonchev–Trinajstić information content (AvgIpc) is 2.56. The second-order valence-corrected chi connectivity index (χ2v) is 4.51. The second kappa shape index (κ2) is 6.58. The summed E-state index contributed by atoms with van der Waals surface area (Å²) in [6.45, 7) is 0. The number of nitrogens with zero attached hydrogens (tertiary/aromatic N) is 2. The van der Waals surface area contributed by atoms with Gasteiger partial charge in [-0.25, -0.2) is 9.97 Å². The summed E-state index contributed by atoms with van der Waals surface area (Å²) in [5.74, 6) is 2.71. The highest BCUT2D eigenvalue weighted by molar-refractivity contribution is 5.58. The third kappa shape index (κ3) is 3.52. The highest BCUT2D eigenvalue weighted by Crippen LogP contribution is 2.25. The van der Waals surface area contributed by atoms with E-state index in [1.807, 2.05) is 54.6 Å². The molecule has 0 unspecified atom stereocenters. The van der Waals surface area contributed by atoms with Gasteiger partial charge in [-0.1, -0.05) is 24.3 Å². The second-order valence-electron chi connectivity index (χ2n) is 4.51. The Kier molecular flexibility index (Phi) is 4.15. The summed E-state index contributed by atoms with van der Waals surface area (Å²) in [7, 11) is 1.57. The Balaban J connectivity index is 1.76. The molecule has 0 aliphatic carbocycles. The Bertz CT molecular complexity index is 748.